The summed E-state index contributed by atoms with van der Waals surface area (Å²) in [6.07, 6.45) is -1.42. The molecule has 0 unspecified atom stereocenters. The molecule has 68 valence electrons. The molecule has 11 heavy (non-hydrogen) atoms. The van der Waals surface area contributed by atoms with Crippen LogP contribution in [0.2, 0.25) is 0 Å². The van der Waals surface area contributed by atoms with E-state index in [1.165, 1.54) is 0 Å². The zero-order valence-corrected chi connectivity index (χ0v) is 6.91. The van der Waals surface area contributed by atoms with Crippen LogP contribution in [0.5, 0.6) is 0 Å². The molecule has 0 spiro atoms. The Bertz CT molecular complexity index is 114. The molecule has 0 aliphatic carbocycles. The molecular weight excluding hydrogens is 170 g/mol. The van der Waals surface area contributed by atoms with E-state index in [9.17, 15) is 5.11 Å². The van der Waals surface area contributed by atoms with Crippen molar-refractivity contribution < 1.29 is 33.0 Å². The second-order valence-corrected chi connectivity index (χ2v) is 2.76. The minimum Gasteiger partial charge on any atom is -1.00 e. The Balaban J connectivity index is 0.000001000. The Hall–Kier alpha value is 0.130. The predicted octanol–water partition coefficient (Wildman–Crippen LogP) is -6.10. The van der Waals surface area contributed by atoms with Crippen molar-refractivity contribution in [1.82, 2.24) is 0 Å². The van der Waals surface area contributed by atoms with Crippen molar-refractivity contribution in [1.29, 1.82) is 0 Å². The van der Waals surface area contributed by atoms with Crippen LogP contribution in [-0.4, -0.2) is 47.2 Å². The highest BCUT2D eigenvalue weighted by atomic mass is 35.5. The van der Waals surface area contributed by atoms with Crippen molar-refractivity contribution in [2.75, 3.05) is 19.7 Å². The Morgan fingerprint density at radius 1 is 1.27 bits per heavy atom. The smallest absolute Gasteiger partial charge is 0.129 e. The van der Waals surface area contributed by atoms with Crippen LogP contribution >= 0.6 is 0 Å². The maximum absolute atomic E-state index is 9.21. The lowest BCUT2D eigenvalue weighted by Crippen LogP contribution is -3.00. The molecule has 1 saturated heterocycles. The van der Waals surface area contributed by atoms with E-state index in [0.29, 0.717) is 13.1 Å². The Labute approximate surface area is 71.6 Å². The van der Waals surface area contributed by atoms with Crippen LogP contribution < -0.4 is 17.7 Å². The van der Waals surface area contributed by atoms with Gasteiger partial charge in [0.1, 0.15) is 12.6 Å². The molecule has 1 heterocycles. The summed E-state index contributed by atoms with van der Waals surface area (Å²) < 4.78 is 0. The Morgan fingerprint density at radius 3 is 2.36 bits per heavy atom. The first-order chi connectivity index (χ1) is 4.75. The van der Waals surface area contributed by atoms with E-state index in [1.54, 1.807) is 0 Å². The summed E-state index contributed by atoms with van der Waals surface area (Å²) in [6, 6.07) is 0. The van der Waals surface area contributed by atoms with Gasteiger partial charge in [-0.15, -0.1) is 0 Å². The van der Waals surface area contributed by atoms with Crippen LogP contribution in [0.15, 0.2) is 0 Å². The monoisotopic (exact) mass is 183 g/mol. The van der Waals surface area contributed by atoms with Gasteiger partial charge in [-0.05, 0) is 0 Å². The average molecular weight is 184 g/mol. The molecule has 1 rings (SSSR count). The van der Waals surface area contributed by atoms with Crippen molar-refractivity contribution in [3.8, 4) is 0 Å². The summed E-state index contributed by atoms with van der Waals surface area (Å²) in [4.78, 5) is 0. The van der Waals surface area contributed by atoms with Crippen LogP contribution in [0.3, 0.4) is 0 Å². The fourth-order valence-corrected chi connectivity index (χ4v) is 1.26. The second kappa shape index (κ2) is 4.90. The maximum atomic E-state index is 9.21. The number of rotatable bonds is 1. The number of piperidine rings is 1. The lowest BCUT2D eigenvalue weighted by atomic mass is 9.95. The van der Waals surface area contributed by atoms with Gasteiger partial charge in [0.2, 0.25) is 0 Å². The molecule has 1 aliphatic heterocycles. The molecule has 1 aliphatic rings. The fraction of sp³-hybridized carbons (Fsp3) is 1.00. The first-order valence-electron chi connectivity index (χ1n) is 3.54. The van der Waals surface area contributed by atoms with E-state index in [4.69, 9.17) is 10.2 Å². The lowest BCUT2D eigenvalue weighted by Gasteiger charge is -2.28. The highest BCUT2D eigenvalue weighted by molar-refractivity contribution is 4.76. The molecule has 1 fully saturated rings. The molecule has 5 N–H and O–H groups in total. The Morgan fingerprint density at radius 2 is 1.91 bits per heavy atom. The van der Waals surface area contributed by atoms with Gasteiger partial charge in [-0.2, -0.15) is 0 Å². The molecular formula is C6H14ClNO3. The van der Waals surface area contributed by atoms with Gasteiger partial charge < -0.3 is 33.0 Å². The quantitative estimate of drug-likeness (QED) is 0.327. The molecule has 4 nitrogen and oxygen atoms in total. The number of hydrogen-bond donors (Lipinski definition) is 4. The first-order valence-corrected chi connectivity index (χ1v) is 3.54. The topological polar surface area (TPSA) is 77.3 Å². The van der Waals surface area contributed by atoms with Gasteiger partial charge in [0.25, 0.3) is 0 Å². The van der Waals surface area contributed by atoms with E-state index in [1.807, 2.05) is 5.32 Å². The van der Waals surface area contributed by atoms with Gasteiger partial charge in [0, 0.05) is 0 Å². The van der Waals surface area contributed by atoms with Gasteiger partial charge in [-0.1, -0.05) is 0 Å². The first kappa shape index (κ1) is 11.1. The predicted molar refractivity (Wildman–Crippen MR) is 34.2 cm³/mol. The minimum absolute atomic E-state index is 0. The average Bonchev–Trinajstić information content (AvgIpc) is 1.95. The molecule has 0 radical (unpaired) electrons. The van der Waals surface area contributed by atoms with Crippen LogP contribution in [0.4, 0.5) is 0 Å². The van der Waals surface area contributed by atoms with Crippen molar-refractivity contribution in [2.24, 2.45) is 5.92 Å². The van der Waals surface area contributed by atoms with Crippen molar-refractivity contribution in [2.45, 2.75) is 12.2 Å². The highest BCUT2D eigenvalue weighted by Gasteiger charge is 2.32. The summed E-state index contributed by atoms with van der Waals surface area (Å²) in [7, 11) is 0. The summed E-state index contributed by atoms with van der Waals surface area (Å²) >= 11 is 0. The van der Waals surface area contributed by atoms with Crippen molar-refractivity contribution in [3.63, 3.8) is 0 Å². The third-order valence-electron chi connectivity index (χ3n) is 1.99. The Kier molecular flexibility index (Phi) is 4.96. The number of halogens is 1. The lowest BCUT2D eigenvalue weighted by molar-refractivity contribution is -0.680. The molecule has 0 saturated carbocycles. The second-order valence-electron chi connectivity index (χ2n) is 2.76. The SMILES string of the molecule is OC[C@@H]1C[NH2+]C[C@@H](O)[C@@H]1O.[Cl-]. The molecule has 0 amide bonds. The molecule has 0 aromatic rings. The fourth-order valence-electron chi connectivity index (χ4n) is 1.26. The standard InChI is InChI=1S/C6H13NO3.ClH/c8-3-4-1-7-2-5(9)6(4)10;/h4-10H,1-3H2;1H/t4-,5+,6+;/m0./s1. The van der Waals surface area contributed by atoms with Crippen LogP contribution in [0, 0.1) is 5.92 Å². The molecule has 5 heteroatoms. The summed E-state index contributed by atoms with van der Waals surface area (Å²) in [5.41, 5.74) is 0. The zero-order chi connectivity index (χ0) is 7.56. The molecule has 0 aromatic carbocycles. The number of aliphatic hydroxyl groups is 3. The summed E-state index contributed by atoms with van der Waals surface area (Å²) in [6.45, 7) is 1.20. The molecule has 3 atom stereocenters. The van der Waals surface area contributed by atoms with Crippen LogP contribution in [-0.2, 0) is 0 Å². The molecule has 0 bridgehead atoms. The van der Waals surface area contributed by atoms with E-state index in [-0.39, 0.29) is 24.9 Å². The summed E-state index contributed by atoms with van der Waals surface area (Å²) in [5.74, 6) is -0.163. The third-order valence-corrected chi connectivity index (χ3v) is 1.99. The van der Waals surface area contributed by atoms with Crippen LogP contribution in [0.1, 0.15) is 0 Å². The van der Waals surface area contributed by atoms with Gasteiger partial charge in [0.15, 0.2) is 0 Å². The number of aliphatic hydroxyl groups excluding tert-OH is 3. The van der Waals surface area contributed by atoms with Crippen LogP contribution in [0.25, 0.3) is 0 Å². The largest absolute Gasteiger partial charge is 1.00 e. The minimum atomic E-state index is -0.741. The van der Waals surface area contributed by atoms with Gasteiger partial charge in [-0.25, -0.2) is 0 Å². The van der Waals surface area contributed by atoms with E-state index in [0.717, 1.165) is 0 Å². The van der Waals surface area contributed by atoms with E-state index >= 15 is 0 Å². The van der Waals surface area contributed by atoms with E-state index in [2.05, 4.69) is 0 Å². The normalized spacial score (nSPS) is 37.9. The zero-order valence-electron chi connectivity index (χ0n) is 6.15. The maximum Gasteiger partial charge on any atom is 0.129 e. The van der Waals surface area contributed by atoms with Gasteiger partial charge >= 0.3 is 0 Å². The van der Waals surface area contributed by atoms with Crippen molar-refractivity contribution >= 4 is 0 Å². The van der Waals surface area contributed by atoms with Crippen molar-refractivity contribution in [3.05, 3.63) is 0 Å². The van der Waals surface area contributed by atoms with E-state index < -0.39 is 12.2 Å². The number of nitrogens with two attached hydrogens (primary N) is 1. The van der Waals surface area contributed by atoms with Gasteiger partial charge in [0.05, 0.1) is 25.2 Å². The molecule has 0 aromatic heterocycles. The third kappa shape index (κ3) is 2.57. The number of hydrogen-bond acceptors (Lipinski definition) is 3. The highest BCUT2D eigenvalue weighted by Crippen LogP contribution is 2.06. The van der Waals surface area contributed by atoms with Gasteiger partial charge in [-0.3, -0.25) is 0 Å². The number of quaternary nitrogens is 1. The summed E-state index contributed by atoms with van der Waals surface area (Å²) in [5, 5.41) is 28.9.